The van der Waals surface area contributed by atoms with E-state index in [2.05, 4.69) is 5.32 Å². The van der Waals surface area contributed by atoms with Gasteiger partial charge in [-0.1, -0.05) is 29.8 Å². The number of carboxylic acids is 1. The number of amides is 1. The number of hydrogen-bond acceptors (Lipinski definition) is 3. The standard InChI is InChI=1S/C22H22ClNO4/c1-13-4-2-7-18(19(13)28-17-5-3-6-17)20(25)24-22(21(26)27)11-14-8-9-16(23)10-15(14)12-22/h2,4,7-10,17H,3,5-6,11-12H2,1H3,(H,24,25)(H,26,27). The maximum atomic E-state index is 13.1. The Morgan fingerprint density at radius 2 is 1.93 bits per heavy atom. The average molecular weight is 400 g/mol. The van der Waals surface area contributed by atoms with Gasteiger partial charge in [0.1, 0.15) is 11.3 Å². The summed E-state index contributed by atoms with van der Waals surface area (Å²) < 4.78 is 6.04. The van der Waals surface area contributed by atoms with Crippen molar-refractivity contribution in [3.63, 3.8) is 0 Å². The van der Waals surface area contributed by atoms with Crippen LogP contribution >= 0.6 is 11.6 Å². The molecule has 0 bridgehead atoms. The molecule has 1 saturated carbocycles. The van der Waals surface area contributed by atoms with Gasteiger partial charge >= 0.3 is 5.97 Å². The van der Waals surface area contributed by atoms with Crippen molar-refractivity contribution in [2.24, 2.45) is 0 Å². The maximum Gasteiger partial charge on any atom is 0.330 e. The van der Waals surface area contributed by atoms with Gasteiger partial charge in [-0.2, -0.15) is 0 Å². The normalized spacial score (nSPS) is 20.9. The fourth-order valence-electron chi connectivity index (χ4n) is 3.86. The smallest absolute Gasteiger partial charge is 0.330 e. The summed E-state index contributed by atoms with van der Waals surface area (Å²) in [5, 5.41) is 13.3. The first-order valence-corrected chi connectivity index (χ1v) is 9.85. The number of halogens is 1. The molecule has 0 spiro atoms. The minimum atomic E-state index is -1.39. The van der Waals surface area contributed by atoms with E-state index in [0.717, 1.165) is 36.0 Å². The van der Waals surface area contributed by atoms with Crippen LogP contribution in [0.2, 0.25) is 5.02 Å². The van der Waals surface area contributed by atoms with Crippen molar-refractivity contribution in [2.45, 2.75) is 50.7 Å². The molecule has 2 aromatic carbocycles. The number of nitrogens with one attached hydrogen (secondary N) is 1. The van der Waals surface area contributed by atoms with E-state index >= 15 is 0 Å². The van der Waals surface area contributed by atoms with Gasteiger partial charge in [-0.25, -0.2) is 4.79 Å². The third-order valence-electron chi connectivity index (χ3n) is 5.71. The van der Waals surface area contributed by atoms with E-state index in [1.165, 1.54) is 0 Å². The first kappa shape index (κ1) is 18.8. The van der Waals surface area contributed by atoms with Gasteiger partial charge in [0.05, 0.1) is 11.7 Å². The summed E-state index contributed by atoms with van der Waals surface area (Å²) in [6.45, 7) is 1.89. The number of ether oxygens (including phenoxy) is 1. The number of hydrogen-bond donors (Lipinski definition) is 2. The quantitative estimate of drug-likeness (QED) is 0.798. The molecule has 0 heterocycles. The third kappa shape index (κ3) is 3.35. The monoisotopic (exact) mass is 399 g/mol. The summed E-state index contributed by atoms with van der Waals surface area (Å²) in [4.78, 5) is 25.3. The molecule has 2 aliphatic carbocycles. The van der Waals surface area contributed by atoms with Crippen molar-refractivity contribution in [3.05, 3.63) is 63.7 Å². The third-order valence-corrected chi connectivity index (χ3v) is 5.94. The van der Waals surface area contributed by atoms with Crippen LogP contribution in [-0.4, -0.2) is 28.6 Å². The summed E-state index contributed by atoms with van der Waals surface area (Å²) in [6, 6.07) is 10.7. The van der Waals surface area contributed by atoms with E-state index in [1.54, 1.807) is 24.3 Å². The van der Waals surface area contributed by atoms with E-state index in [0.29, 0.717) is 16.3 Å². The molecular weight excluding hydrogens is 378 g/mol. The molecule has 1 atom stereocenters. The maximum absolute atomic E-state index is 13.1. The first-order valence-electron chi connectivity index (χ1n) is 9.47. The molecule has 146 valence electrons. The van der Waals surface area contributed by atoms with Gasteiger partial charge in [0, 0.05) is 17.9 Å². The Morgan fingerprint density at radius 3 is 2.61 bits per heavy atom. The number of fused-ring (bicyclic) bond motifs is 1. The molecule has 2 N–H and O–H groups in total. The summed E-state index contributed by atoms with van der Waals surface area (Å²) in [6.07, 6.45) is 3.63. The molecule has 1 fully saturated rings. The minimum absolute atomic E-state index is 0.124. The highest BCUT2D eigenvalue weighted by atomic mass is 35.5. The highest BCUT2D eigenvalue weighted by Crippen LogP contribution is 2.34. The molecule has 28 heavy (non-hydrogen) atoms. The lowest BCUT2D eigenvalue weighted by molar-refractivity contribution is -0.144. The van der Waals surface area contributed by atoms with Crippen LogP contribution in [-0.2, 0) is 17.6 Å². The SMILES string of the molecule is Cc1cccc(C(=O)NC2(C(=O)O)Cc3ccc(Cl)cc3C2)c1OC1CCC1. The second-order valence-corrected chi connectivity index (χ2v) is 8.17. The molecule has 4 rings (SSSR count). The van der Waals surface area contributed by atoms with Crippen LogP contribution in [0.4, 0.5) is 0 Å². The topological polar surface area (TPSA) is 75.6 Å². The van der Waals surface area contributed by atoms with Crippen molar-refractivity contribution >= 4 is 23.5 Å². The first-order chi connectivity index (χ1) is 13.4. The van der Waals surface area contributed by atoms with Crippen molar-refractivity contribution < 1.29 is 19.4 Å². The Morgan fingerprint density at radius 1 is 1.18 bits per heavy atom. The van der Waals surface area contributed by atoms with E-state index in [9.17, 15) is 14.7 Å². The number of aryl methyl sites for hydroxylation is 1. The summed E-state index contributed by atoms with van der Waals surface area (Å²) >= 11 is 6.05. The summed E-state index contributed by atoms with van der Waals surface area (Å²) in [7, 11) is 0. The zero-order valence-electron chi connectivity index (χ0n) is 15.6. The molecular formula is C22H22ClNO4. The molecule has 0 aromatic heterocycles. The van der Waals surface area contributed by atoms with Crippen molar-refractivity contribution in [1.82, 2.24) is 5.32 Å². The average Bonchev–Trinajstić information content (AvgIpc) is 2.97. The highest BCUT2D eigenvalue weighted by molar-refractivity contribution is 6.30. The van der Waals surface area contributed by atoms with Crippen LogP contribution in [0.25, 0.3) is 0 Å². The predicted molar refractivity (Wildman–Crippen MR) is 106 cm³/mol. The Labute approximate surface area is 168 Å². The minimum Gasteiger partial charge on any atom is -0.489 e. The Kier molecular flexibility index (Phi) is 4.79. The van der Waals surface area contributed by atoms with E-state index in [-0.39, 0.29) is 18.9 Å². The van der Waals surface area contributed by atoms with Crippen LogP contribution in [0.15, 0.2) is 36.4 Å². The number of rotatable bonds is 5. The summed E-state index contributed by atoms with van der Waals surface area (Å²) in [5.74, 6) is -0.939. The number of aliphatic carboxylic acids is 1. The largest absolute Gasteiger partial charge is 0.489 e. The van der Waals surface area contributed by atoms with Crippen LogP contribution in [0.1, 0.15) is 46.3 Å². The van der Waals surface area contributed by atoms with Gasteiger partial charge in [-0.3, -0.25) is 4.79 Å². The van der Waals surface area contributed by atoms with Gasteiger partial charge in [-0.05, 0) is 61.1 Å². The lowest BCUT2D eigenvalue weighted by atomic mass is 9.94. The molecule has 5 nitrogen and oxygen atoms in total. The fourth-order valence-corrected chi connectivity index (χ4v) is 4.06. The zero-order valence-corrected chi connectivity index (χ0v) is 16.4. The second kappa shape index (κ2) is 7.13. The fraction of sp³-hybridized carbons (Fsp3) is 0.364. The molecule has 0 radical (unpaired) electrons. The summed E-state index contributed by atoms with van der Waals surface area (Å²) in [5.41, 5.74) is 1.60. The van der Waals surface area contributed by atoms with Crippen LogP contribution in [0.3, 0.4) is 0 Å². The highest BCUT2D eigenvalue weighted by Gasteiger charge is 2.46. The molecule has 0 aliphatic heterocycles. The molecule has 1 amide bonds. The Balaban J connectivity index is 1.62. The van der Waals surface area contributed by atoms with Gasteiger partial charge in [0.25, 0.3) is 5.91 Å². The zero-order chi connectivity index (χ0) is 19.9. The van der Waals surface area contributed by atoms with E-state index in [4.69, 9.17) is 16.3 Å². The predicted octanol–water partition coefficient (Wildman–Crippen LogP) is 3.93. The van der Waals surface area contributed by atoms with Gasteiger partial charge < -0.3 is 15.2 Å². The Bertz CT molecular complexity index is 954. The van der Waals surface area contributed by atoms with E-state index < -0.39 is 17.4 Å². The molecule has 0 saturated heterocycles. The van der Waals surface area contributed by atoms with Crippen molar-refractivity contribution in [3.8, 4) is 5.75 Å². The van der Waals surface area contributed by atoms with Gasteiger partial charge in [-0.15, -0.1) is 0 Å². The number of para-hydroxylation sites is 1. The number of carboxylic acid groups (broad SMARTS) is 1. The van der Waals surface area contributed by atoms with Crippen molar-refractivity contribution in [2.75, 3.05) is 0 Å². The second-order valence-electron chi connectivity index (χ2n) is 7.73. The lowest BCUT2D eigenvalue weighted by Gasteiger charge is -2.29. The van der Waals surface area contributed by atoms with E-state index in [1.807, 2.05) is 19.1 Å². The molecule has 2 aliphatic rings. The van der Waals surface area contributed by atoms with Crippen molar-refractivity contribution in [1.29, 1.82) is 0 Å². The Hall–Kier alpha value is -2.53. The molecule has 2 aromatic rings. The molecule has 6 heteroatoms. The lowest BCUT2D eigenvalue weighted by Crippen LogP contribution is -2.55. The number of carbonyl (C=O) groups is 2. The number of benzene rings is 2. The van der Waals surface area contributed by atoms with Crippen LogP contribution in [0, 0.1) is 6.92 Å². The van der Waals surface area contributed by atoms with Gasteiger partial charge in [0.2, 0.25) is 0 Å². The van der Waals surface area contributed by atoms with Gasteiger partial charge in [0.15, 0.2) is 0 Å². The molecule has 1 unspecified atom stereocenters. The number of carbonyl (C=O) groups excluding carboxylic acids is 1. The van der Waals surface area contributed by atoms with Crippen LogP contribution in [0.5, 0.6) is 5.75 Å². The van der Waals surface area contributed by atoms with Crippen LogP contribution < -0.4 is 10.1 Å².